The predicted molar refractivity (Wildman–Crippen MR) is 139 cm³/mol. The van der Waals surface area contributed by atoms with E-state index in [2.05, 4.69) is 26.1 Å². The number of nitrogens with zero attached hydrogens (tertiary/aromatic N) is 3. The minimum Gasteiger partial charge on any atom is -0.369 e. The van der Waals surface area contributed by atoms with Gasteiger partial charge >= 0.3 is 0 Å². The molecular formula is C25H22BrN5O2S. The number of guanidine groups is 1. The van der Waals surface area contributed by atoms with E-state index in [1.165, 1.54) is 3.97 Å². The second kappa shape index (κ2) is 8.73. The fourth-order valence-corrected chi connectivity index (χ4v) is 6.53. The molecular weight excluding hydrogens is 514 g/mol. The summed E-state index contributed by atoms with van der Waals surface area (Å²) >= 11 is 3.53. The average Bonchev–Trinajstić information content (AvgIpc) is 3.17. The monoisotopic (exact) mass is 535 g/mol. The van der Waals surface area contributed by atoms with Crippen LogP contribution in [0.4, 0.5) is 0 Å². The maximum Gasteiger partial charge on any atom is 0.268 e. The molecule has 9 heteroatoms. The van der Waals surface area contributed by atoms with E-state index in [9.17, 15) is 8.42 Å². The van der Waals surface area contributed by atoms with Gasteiger partial charge in [0, 0.05) is 21.1 Å². The summed E-state index contributed by atoms with van der Waals surface area (Å²) in [4.78, 5) is 0.224. The Morgan fingerprint density at radius 1 is 0.941 bits per heavy atom. The summed E-state index contributed by atoms with van der Waals surface area (Å²) in [7, 11) is -3.88. The van der Waals surface area contributed by atoms with E-state index >= 15 is 0 Å². The van der Waals surface area contributed by atoms with E-state index in [-0.39, 0.29) is 16.8 Å². The van der Waals surface area contributed by atoms with Crippen molar-refractivity contribution in [2.45, 2.75) is 23.7 Å². The number of hydrogen-bond donors (Lipinski definition) is 2. The van der Waals surface area contributed by atoms with Crippen LogP contribution in [0.5, 0.6) is 0 Å². The van der Waals surface area contributed by atoms with Crippen LogP contribution in [0.2, 0.25) is 0 Å². The molecule has 0 saturated carbocycles. The van der Waals surface area contributed by atoms with Crippen LogP contribution in [0.15, 0.2) is 98.4 Å². The third kappa shape index (κ3) is 3.91. The van der Waals surface area contributed by atoms with Crippen molar-refractivity contribution in [3.63, 3.8) is 0 Å². The van der Waals surface area contributed by atoms with E-state index in [1.54, 1.807) is 30.3 Å². The topological polar surface area (TPSA) is 116 Å². The third-order valence-electron chi connectivity index (χ3n) is 5.99. The van der Waals surface area contributed by atoms with Gasteiger partial charge in [-0.25, -0.2) is 12.4 Å². The molecule has 7 nitrogen and oxygen atoms in total. The zero-order valence-corrected chi connectivity index (χ0v) is 20.5. The molecule has 3 aromatic carbocycles. The van der Waals surface area contributed by atoms with Gasteiger partial charge in [-0.05, 0) is 54.7 Å². The molecule has 0 amide bonds. The number of fused-ring (bicyclic) bond motifs is 3. The van der Waals surface area contributed by atoms with Crippen molar-refractivity contribution in [1.82, 2.24) is 3.97 Å². The Morgan fingerprint density at radius 2 is 1.62 bits per heavy atom. The zero-order valence-electron chi connectivity index (χ0n) is 18.1. The van der Waals surface area contributed by atoms with Gasteiger partial charge in [0.05, 0.1) is 16.1 Å². The van der Waals surface area contributed by atoms with Crippen LogP contribution in [0, 0.1) is 0 Å². The van der Waals surface area contributed by atoms with Crippen molar-refractivity contribution in [3.05, 3.63) is 100 Å². The molecule has 1 aromatic heterocycles. The van der Waals surface area contributed by atoms with E-state index in [0.717, 1.165) is 21.0 Å². The highest BCUT2D eigenvalue weighted by Crippen LogP contribution is 2.41. The molecule has 4 aromatic rings. The molecule has 1 aliphatic carbocycles. The number of rotatable bonds is 4. The summed E-state index contributed by atoms with van der Waals surface area (Å²) in [5.41, 5.74) is 14.9. The Kier molecular flexibility index (Phi) is 5.75. The summed E-state index contributed by atoms with van der Waals surface area (Å²) in [5.74, 6) is -0.142. The highest BCUT2D eigenvalue weighted by molar-refractivity contribution is 9.10. The van der Waals surface area contributed by atoms with Crippen molar-refractivity contribution in [3.8, 4) is 0 Å². The molecule has 172 valence electrons. The first-order valence-electron chi connectivity index (χ1n) is 10.7. The largest absolute Gasteiger partial charge is 0.369 e. The Morgan fingerprint density at radius 3 is 2.29 bits per heavy atom. The van der Waals surface area contributed by atoms with Crippen LogP contribution in [-0.4, -0.2) is 24.1 Å². The van der Waals surface area contributed by atoms with Gasteiger partial charge in [-0.2, -0.15) is 5.10 Å². The van der Waals surface area contributed by atoms with Gasteiger partial charge in [-0.15, -0.1) is 5.10 Å². The van der Waals surface area contributed by atoms with Gasteiger partial charge in [0.15, 0.2) is 0 Å². The Bertz CT molecular complexity index is 1540. The smallest absolute Gasteiger partial charge is 0.268 e. The Balaban J connectivity index is 1.84. The molecule has 5 rings (SSSR count). The molecule has 0 saturated heterocycles. The quantitative estimate of drug-likeness (QED) is 0.229. The van der Waals surface area contributed by atoms with Gasteiger partial charge in [-0.3, -0.25) is 0 Å². The molecule has 0 spiro atoms. The van der Waals surface area contributed by atoms with Crippen molar-refractivity contribution in [2.24, 2.45) is 21.7 Å². The molecule has 34 heavy (non-hydrogen) atoms. The molecule has 0 bridgehead atoms. The first-order valence-corrected chi connectivity index (χ1v) is 12.9. The fraction of sp³-hybridized carbons (Fsp3) is 0.120. The molecule has 1 atom stereocenters. The van der Waals surface area contributed by atoms with Gasteiger partial charge in [0.2, 0.25) is 5.96 Å². The molecule has 1 heterocycles. The van der Waals surface area contributed by atoms with E-state index in [4.69, 9.17) is 11.5 Å². The number of hydrogen-bond acceptors (Lipinski definition) is 4. The number of halogens is 1. The lowest BCUT2D eigenvalue weighted by molar-refractivity contribution is 0.583. The Labute approximate surface area is 206 Å². The molecule has 0 aliphatic heterocycles. The second-order valence-electron chi connectivity index (χ2n) is 8.15. The second-order valence-corrected chi connectivity index (χ2v) is 10.9. The van der Waals surface area contributed by atoms with Crippen molar-refractivity contribution in [1.29, 1.82) is 0 Å². The molecule has 1 unspecified atom stereocenters. The molecule has 1 aliphatic rings. The first-order chi connectivity index (χ1) is 16.4. The minimum atomic E-state index is -3.88. The summed E-state index contributed by atoms with van der Waals surface area (Å²) < 4.78 is 30.1. The number of benzene rings is 3. The fourth-order valence-electron chi connectivity index (χ4n) is 4.58. The lowest BCUT2D eigenvalue weighted by Crippen LogP contribution is -2.25. The SMILES string of the molecule is NC(N)=N/N=C1/CC(c2ccccc2)Cc2c1c1cc(Br)ccc1n2S(=O)(=O)c1ccccc1. The average molecular weight is 536 g/mol. The summed E-state index contributed by atoms with van der Waals surface area (Å²) in [6.45, 7) is 0. The standard InChI is InChI=1S/C25H22BrN5O2S/c26-18-11-12-22-20(15-18)24-21(29-30-25(27)28)13-17(16-7-3-1-4-8-16)14-23(24)31(22)34(32,33)19-9-5-2-6-10-19/h1-12,15,17H,13-14H2,(H4,27,28,30)/b29-21-. The zero-order chi connectivity index (χ0) is 23.9. The van der Waals surface area contributed by atoms with Crippen molar-refractivity contribution in [2.75, 3.05) is 0 Å². The van der Waals surface area contributed by atoms with Gasteiger partial charge < -0.3 is 11.5 Å². The van der Waals surface area contributed by atoms with E-state index < -0.39 is 10.0 Å². The number of nitrogens with two attached hydrogens (primary N) is 2. The molecule has 0 radical (unpaired) electrons. The molecule has 0 fully saturated rings. The maximum atomic E-state index is 13.9. The lowest BCUT2D eigenvalue weighted by Gasteiger charge is -2.25. The van der Waals surface area contributed by atoms with Crippen LogP contribution in [0.25, 0.3) is 10.9 Å². The summed E-state index contributed by atoms with van der Waals surface area (Å²) in [5, 5.41) is 9.08. The summed E-state index contributed by atoms with van der Waals surface area (Å²) in [6, 6.07) is 24.0. The maximum absolute atomic E-state index is 13.9. The van der Waals surface area contributed by atoms with Crippen molar-refractivity contribution >= 4 is 48.5 Å². The normalized spacial score (nSPS) is 17.0. The minimum absolute atomic E-state index is 0.0131. The van der Waals surface area contributed by atoms with Crippen LogP contribution >= 0.6 is 15.9 Å². The third-order valence-corrected chi connectivity index (χ3v) is 8.25. The lowest BCUT2D eigenvalue weighted by atomic mass is 9.81. The van der Waals surface area contributed by atoms with Gasteiger partial charge in [-0.1, -0.05) is 64.5 Å². The van der Waals surface area contributed by atoms with E-state index in [1.807, 2.05) is 48.5 Å². The highest BCUT2D eigenvalue weighted by Gasteiger charge is 2.35. The molecule has 4 N–H and O–H groups in total. The van der Waals surface area contributed by atoms with Crippen LogP contribution < -0.4 is 11.5 Å². The summed E-state index contributed by atoms with van der Waals surface area (Å²) in [6.07, 6.45) is 1.10. The van der Waals surface area contributed by atoms with Crippen LogP contribution in [0.1, 0.15) is 29.2 Å². The van der Waals surface area contributed by atoms with Gasteiger partial charge in [0.1, 0.15) is 0 Å². The highest BCUT2D eigenvalue weighted by atomic mass is 79.9. The van der Waals surface area contributed by atoms with E-state index in [0.29, 0.717) is 29.8 Å². The van der Waals surface area contributed by atoms with Crippen LogP contribution in [0.3, 0.4) is 0 Å². The predicted octanol–water partition coefficient (Wildman–Crippen LogP) is 4.35. The Hall–Kier alpha value is -3.43. The number of aromatic nitrogens is 1. The van der Waals surface area contributed by atoms with Gasteiger partial charge in [0.25, 0.3) is 10.0 Å². The van der Waals surface area contributed by atoms with Crippen LogP contribution in [-0.2, 0) is 16.4 Å². The van der Waals surface area contributed by atoms with Crippen molar-refractivity contribution < 1.29 is 8.42 Å². The first kappa shape index (κ1) is 22.4.